The molecule has 17 heavy (non-hydrogen) atoms. The van der Waals surface area contributed by atoms with Crippen molar-refractivity contribution in [3.8, 4) is 0 Å². The number of ether oxygens (including phenoxy) is 1. The number of hydrogen-bond acceptors (Lipinski definition) is 5. The lowest BCUT2D eigenvalue weighted by Gasteiger charge is -2.24. The SMILES string of the molecule is COCC(C)(C)NS(=O)(=O)c1cc(CN)cs1. The van der Waals surface area contributed by atoms with Gasteiger partial charge in [0.05, 0.1) is 12.1 Å². The predicted octanol–water partition coefficient (Wildman–Crippen LogP) is 0.910. The zero-order chi connectivity index (χ0) is 13.1. The summed E-state index contributed by atoms with van der Waals surface area (Å²) >= 11 is 1.17. The highest BCUT2D eigenvalue weighted by Gasteiger charge is 2.27. The topological polar surface area (TPSA) is 81.4 Å². The minimum absolute atomic E-state index is 0.280. The first-order valence-corrected chi connectivity index (χ1v) is 7.47. The second-order valence-corrected chi connectivity index (χ2v) is 7.22. The maximum absolute atomic E-state index is 12.1. The van der Waals surface area contributed by atoms with Crippen molar-refractivity contribution in [2.45, 2.75) is 30.1 Å². The van der Waals surface area contributed by atoms with Crippen LogP contribution in [-0.2, 0) is 21.3 Å². The third kappa shape index (κ3) is 4.04. The molecule has 98 valence electrons. The standard InChI is InChI=1S/C10H18N2O3S2/c1-10(2,7-15-3)12-17(13,14)9-4-8(5-11)6-16-9/h4,6,12H,5,7,11H2,1-3H3. The molecular formula is C10H18N2O3S2. The number of hydrogen-bond donors (Lipinski definition) is 2. The van der Waals surface area contributed by atoms with Crippen molar-refractivity contribution in [2.24, 2.45) is 5.73 Å². The Kier molecular flexibility index (Phi) is 4.68. The van der Waals surface area contributed by atoms with Crippen LogP contribution in [0, 0.1) is 0 Å². The molecule has 0 aliphatic carbocycles. The molecule has 7 heteroatoms. The van der Waals surface area contributed by atoms with Gasteiger partial charge in [-0.15, -0.1) is 11.3 Å². The van der Waals surface area contributed by atoms with Crippen LogP contribution in [0.25, 0.3) is 0 Å². The molecule has 1 heterocycles. The molecule has 0 aromatic carbocycles. The predicted molar refractivity (Wildman–Crippen MR) is 68.5 cm³/mol. The molecule has 0 bridgehead atoms. The summed E-state index contributed by atoms with van der Waals surface area (Å²) in [5.41, 5.74) is 5.63. The van der Waals surface area contributed by atoms with E-state index in [-0.39, 0.29) is 4.21 Å². The number of sulfonamides is 1. The van der Waals surface area contributed by atoms with E-state index in [9.17, 15) is 8.42 Å². The van der Waals surface area contributed by atoms with Crippen LogP contribution >= 0.6 is 11.3 Å². The van der Waals surface area contributed by atoms with Gasteiger partial charge in [-0.05, 0) is 30.9 Å². The summed E-state index contributed by atoms with van der Waals surface area (Å²) in [6, 6.07) is 1.59. The first-order chi connectivity index (χ1) is 7.80. The van der Waals surface area contributed by atoms with E-state index in [2.05, 4.69) is 4.72 Å². The normalized spacial score (nSPS) is 12.9. The molecule has 0 unspecified atom stereocenters. The Morgan fingerprint density at radius 3 is 2.65 bits per heavy atom. The van der Waals surface area contributed by atoms with E-state index >= 15 is 0 Å². The van der Waals surface area contributed by atoms with Gasteiger partial charge in [0.25, 0.3) is 10.0 Å². The van der Waals surface area contributed by atoms with Crippen LogP contribution in [0.2, 0.25) is 0 Å². The Bertz CT molecular complexity index is 466. The lowest BCUT2D eigenvalue weighted by Crippen LogP contribution is -2.46. The van der Waals surface area contributed by atoms with E-state index < -0.39 is 15.6 Å². The molecule has 0 atom stereocenters. The molecule has 1 aromatic rings. The second-order valence-electron chi connectivity index (χ2n) is 4.40. The summed E-state index contributed by atoms with van der Waals surface area (Å²) < 4.78 is 32.0. The quantitative estimate of drug-likeness (QED) is 0.810. The van der Waals surface area contributed by atoms with Gasteiger partial charge in [-0.3, -0.25) is 0 Å². The van der Waals surface area contributed by atoms with Crippen LogP contribution in [0.15, 0.2) is 15.7 Å². The van der Waals surface area contributed by atoms with E-state index in [0.717, 1.165) is 5.56 Å². The molecule has 0 spiro atoms. The fourth-order valence-electron chi connectivity index (χ4n) is 1.41. The summed E-state index contributed by atoms with van der Waals surface area (Å²) in [5.74, 6) is 0. The smallest absolute Gasteiger partial charge is 0.250 e. The van der Waals surface area contributed by atoms with Crippen molar-refractivity contribution in [2.75, 3.05) is 13.7 Å². The Balaban J connectivity index is 2.88. The summed E-state index contributed by atoms with van der Waals surface area (Å²) in [6.45, 7) is 4.19. The van der Waals surface area contributed by atoms with Gasteiger partial charge in [0.1, 0.15) is 4.21 Å². The van der Waals surface area contributed by atoms with E-state index in [1.807, 2.05) is 0 Å². The number of thiophene rings is 1. The van der Waals surface area contributed by atoms with Crippen LogP contribution in [0.5, 0.6) is 0 Å². The van der Waals surface area contributed by atoms with Gasteiger partial charge in [-0.1, -0.05) is 0 Å². The lowest BCUT2D eigenvalue weighted by molar-refractivity contribution is 0.141. The third-order valence-corrected chi connectivity index (χ3v) is 5.23. The third-order valence-electron chi connectivity index (χ3n) is 2.05. The highest BCUT2D eigenvalue weighted by molar-refractivity contribution is 7.91. The monoisotopic (exact) mass is 278 g/mol. The molecule has 0 saturated carbocycles. The average molecular weight is 278 g/mol. The summed E-state index contributed by atoms with van der Waals surface area (Å²) in [6.07, 6.45) is 0. The lowest BCUT2D eigenvalue weighted by atomic mass is 10.1. The summed E-state index contributed by atoms with van der Waals surface area (Å²) in [7, 11) is -1.96. The molecule has 0 radical (unpaired) electrons. The van der Waals surface area contributed by atoms with Crippen molar-refractivity contribution >= 4 is 21.4 Å². The van der Waals surface area contributed by atoms with Gasteiger partial charge < -0.3 is 10.5 Å². The van der Waals surface area contributed by atoms with E-state index in [1.165, 1.54) is 18.4 Å². The Hall–Kier alpha value is -0.470. The largest absolute Gasteiger partial charge is 0.383 e. The van der Waals surface area contributed by atoms with Crippen LogP contribution in [0.4, 0.5) is 0 Å². The molecule has 3 N–H and O–H groups in total. The molecule has 0 fully saturated rings. The van der Waals surface area contributed by atoms with Crippen LogP contribution in [0.1, 0.15) is 19.4 Å². The second kappa shape index (κ2) is 5.45. The van der Waals surface area contributed by atoms with Crippen molar-refractivity contribution < 1.29 is 13.2 Å². The van der Waals surface area contributed by atoms with Gasteiger partial charge in [-0.2, -0.15) is 0 Å². The number of nitrogens with two attached hydrogens (primary N) is 1. The summed E-state index contributed by atoms with van der Waals surface area (Å²) in [4.78, 5) is 0. The Morgan fingerprint density at radius 2 is 2.18 bits per heavy atom. The molecular weight excluding hydrogens is 260 g/mol. The molecule has 0 amide bonds. The summed E-state index contributed by atoms with van der Waals surface area (Å²) in [5, 5.41) is 1.75. The zero-order valence-corrected chi connectivity index (χ0v) is 11.8. The maximum Gasteiger partial charge on any atom is 0.250 e. The fourth-order valence-corrected chi connectivity index (χ4v) is 4.03. The van der Waals surface area contributed by atoms with E-state index in [4.69, 9.17) is 10.5 Å². The Morgan fingerprint density at radius 1 is 1.53 bits per heavy atom. The number of rotatable bonds is 6. The van der Waals surface area contributed by atoms with Crippen LogP contribution in [0.3, 0.4) is 0 Å². The molecule has 1 rings (SSSR count). The van der Waals surface area contributed by atoms with Gasteiger partial charge in [-0.25, -0.2) is 13.1 Å². The van der Waals surface area contributed by atoms with Crippen molar-refractivity contribution in [1.82, 2.24) is 4.72 Å². The van der Waals surface area contributed by atoms with Gasteiger partial charge in [0, 0.05) is 13.7 Å². The van der Waals surface area contributed by atoms with E-state index in [0.29, 0.717) is 13.2 Å². The highest BCUT2D eigenvalue weighted by atomic mass is 32.2. The highest BCUT2D eigenvalue weighted by Crippen LogP contribution is 2.21. The number of nitrogens with one attached hydrogen (secondary N) is 1. The Labute approximate surface area is 106 Å². The maximum atomic E-state index is 12.1. The molecule has 1 aromatic heterocycles. The first kappa shape index (κ1) is 14.6. The minimum Gasteiger partial charge on any atom is -0.383 e. The molecule has 5 nitrogen and oxygen atoms in total. The van der Waals surface area contributed by atoms with Crippen LogP contribution < -0.4 is 10.5 Å². The zero-order valence-electron chi connectivity index (χ0n) is 10.2. The van der Waals surface area contributed by atoms with Crippen molar-refractivity contribution in [3.05, 3.63) is 17.0 Å². The van der Waals surface area contributed by atoms with Gasteiger partial charge in [0.15, 0.2) is 0 Å². The van der Waals surface area contributed by atoms with Crippen molar-refractivity contribution in [1.29, 1.82) is 0 Å². The van der Waals surface area contributed by atoms with Crippen molar-refractivity contribution in [3.63, 3.8) is 0 Å². The van der Waals surface area contributed by atoms with Gasteiger partial charge in [0.2, 0.25) is 0 Å². The first-order valence-electron chi connectivity index (χ1n) is 5.11. The molecule has 0 saturated heterocycles. The fraction of sp³-hybridized carbons (Fsp3) is 0.600. The number of methoxy groups -OCH3 is 1. The van der Waals surface area contributed by atoms with E-state index in [1.54, 1.807) is 25.3 Å². The molecule has 0 aliphatic rings. The van der Waals surface area contributed by atoms with Crippen LogP contribution in [-0.4, -0.2) is 27.7 Å². The minimum atomic E-state index is -3.50. The van der Waals surface area contributed by atoms with Gasteiger partial charge >= 0.3 is 0 Å². The average Bonchev–Trinajstić information content (AvgIpc) is 2.64. The molecule has 0 aliphatic heterocycles.